The van der Waals surface area contributed by atoms with Crippen molar-refractivity contribution in [3.63, 3.8) is 0 Å². The summed E-state index contributed by atoms with van der Waals surface area (Å²) in [7, 11) is 0. The Morgan fingerprint density at radius 1 is 0.884 bits per heavy atom. The summed E-state index contributed by atoms with van der Waals surface area (Å²) in [5, 5.41) is -0.223. The molecule has 0 radical (unpaired) electrons. The summed E-state index contributed by atoms with van der Waals surface area (Å²) >= 11 is 6.15. The third-order valence-electron chi connectivity index (χ3n) is 14.6. The van der Waals surface area contributed by atoms with Crippen LogP contribution in [-0.4, -0.2) is 17.0 Å². The first kappa shape index (κ1) is 31.1. The van der Waals surface area contributed by atoms with E-state index in [1.165, 1.54) is 5.57 Å². The smallest absolute Gasteiger partial charge is 0.312 e. The van der Waals surface area contributed by atoms with Gasteiger partial charge < -0.3 is 4.74 Å². The van der Waals surface area contributed by atoms with Crippen LogP contribution in [0.4, 0.5) is 0 Å². The zero-order valence-electron chi connectivity index (χ0n) is 27.4. The number of hydrogen-bond donors (Lipinski definition) is 0. The summed E-state index contributed by atoms with van der Waals surface area (Å²) in [5.74, 6) is 0.383. The molecule has 0 spiro atoms. The lowest BCUT2D eigenvalue weighted by Gasteiger charge is -2.70. The van der Waals surface area contributed by atoms with Crippen molar-refractivity contribution in [1.29, 1.82) is 0 Å². The Hall–Kier alpha value is -1.94. The highest BCUT2D eigenvalue weighted by Gasteiger charge is 2.70. The van der Waals surface area contributed by atoms with E-state index in [0.29, 0.717) is 6.61 Å². The Labute approximate surface area is 263 Å². The Bertz CT molecular complexity index is 1360. The van der Waals surface area contributed by atoms with Crippen LogP contribution in [-0.2, 0) is 25.7 Å². The number of ether oxygens (including phenoxy) is 1. The van der Waals surface area contributed by atoms with Crippen molar-refractivity contribution < 1.29 is 19.1 Å². The van der Waals surface area contributed by atoms with Gasteiger partial charge in [-0.05, 0) is 127 Å². The Morgan fingerprint density at radius 2 is 1.56 bits per heavy atom. The molecule has 9 atom stereocenters. The third kappa shape index (κ3) is 4.38. The summed E-state index contributed by atoms with van der Waals surface area (Å²) in [5.41, 5.74) is 1.11. The first-order valence-electron chi connectivity index (χ1n) is 16.7. The van der Waals surface area contributed by atoms with Gasteiger partial charge in [-0.1, -0.05) is 77.4 Å². The minimum atomic E-state index is -0.570. The minimum absolute atomic E-state index is 0.0756. The van der Waals surface area contributed by atoms with Crippen LogP contribution < -0.4 is 0 Å². The fourth-order valence-corrected chi connectivity index (χ4v) is 12.1. The van der Waals surface area contributed by atoms with Crippen molar-refractivity contribution in [3.8, 4) is 0 Å². The van der Waals surface area contributed by atoms with E-state index in [2.05, 4.69) is 54.5 Å². The average molecular weight is 607 g/mol. The Balaban J connectivity index is 1.33. The predicted octanol–water partition coefficient (Wildman–Crippen LogP) is 9.09. The number of fused-ring (bicyclic) bond motifs is 7. The maximum Gasteiger partial charge on any atom is 0.312 e. The average Bonchev–Trinajstić information content (AvgIpc) is 2.93. The molecule has 1 aromatic rings. The molecule has 0 N–H and O–H groups in total. The maximum atomic E-state index is 14.6. The van der Waals surface area contributed by atoms with E-state index in [1.807, 2.05) is 30.3 Å². The lowest BCUT2D eigenvalue weighted by molar-refractivity contribution is -0.193. The first-order valence-corrected chi connectivity index (χ1v) is 17.1. The number of esters is 1. The van der Waals surface area contributed by atoms with Crippen molar-refractivity contribution >= 4 is 28.6 Å². The predicted molar refractivity (Wildman–Crippen MR) is 170 cm³/mol. The summed E-state index contributed by atoms with van der Waals surface area (Å²) < 4.78 is 5.93. The van der Waals surface area contributed by atoms with Gasteiger partial charge in [-0.2, -0.15) is 0 Å². The number of allylic oxidation sites excluding steroid dienone is 2. The van der Waals surface area contributed by atoms with Gasteiger partial charge in [0.25, 0.3) is 0 Å². The van der Waals surface area contributed by atoms with Crippen molar-refractivity contribution in [2.75, 3.05) is 0 Å². The van der Waals surface area contributed by atoms with Gasteiger partial charge in [0.2, 0.25) is 5.24 Å². The molecule has 0 saturated heterocycles. The number of ketones is 1. The molecule has 0 aromatic heterocycles. The van der Waals surface area contributed by atoms with Crippen molar-refractivity contribution in [2.45, 2.75) is 113 Å². The fraction of sp³-hybridized carbons (Fsp3) is 0.711. The second kappa shape index (κ2) is 10.0. The van der Waals surface area contributed by atoms with Gasteiger partial charge in [0, 0.05) is 11.8 Å². The molecular formula is C38H51ClO4. The molecule has 5 aliphatic carbocycles. The summed E-state index contributed by atoms with van der Waals surface area (Å²) in [6, 6.07) is 9.90. The molecular weight excluding hydrogens is 556 g/mol. The van der Waals surface area contributed by atoms with Gasteiger partial charge in [0.1, 0.15) is 6.61 Å². The molecule has 4 nitrogen and oxygen atoms in total. The molecule has 1 aromatic carbocycles. The van der Waals surface area contributed by atoms with Crippen molar-refractivity contribution in [2.24, 2.45) is 56.2 Å². The van der Waals surface area contributed by atoms with Gasteiger partial charge in [-0.3, -0.25) is 14.4 Å². The molecule has 0 aliphatic heterocycles. The highest BCUT2D eigenvalue weighted by atomic mass is 35.5. The number of benzene rings is 1. The molecule has 6 rings (SSSR count). The van der Waals surface area contributed by atoms with Crippen LogP contribution in [0.15, 0.2) is 42.0 Å². The second-order valence-corrected chi connectivity index (χ2v) is 17.4. The van der Waals surface area contributed by atoms with E-state index in [9.17, 15) is 14.4 Å². The van der Waals surface area contributed by atoms with E-state index in [1.54, 1.807) is 0 Å². The van der Waals surface area contributed by atoms with Gasteiger partial charge in [0.05, 0.1) is 5.41 Å². The van der Waals surface area contributed by atoms with E-state index in [4.69, 9.17) is 16.3 Å². The Kier molecular flexibility index (Phi) is 7.25. The summed E-state index contributed by atoms with van der Waals surface area (Å²) in [6.45, 7) is 16.4. The van der Waals surface area contributed by atoms with E-state index in [0.717, 1.165) is 63.4 Å². The lowest BCUT2D eigenvalue weighted by Crippen LogP contribution is -2.66. The monoisotopic (exact) mass is 606 g/mol. The second-order valence-electron chi connectivity index (χ2n) is 17.0. The molecule has 234 valence electrons. The summed E-state index contributed by atoms with van der Waals surface area (Å²) in [4.78, 5) is 40.7. The van der Waals surface area contributed by atoms with Crippen LogP contribution in [0.1, 0.15) is 112 Å². The van der Waals surface area contributed by atoms with E-state index < -0.39 is 5.41 Å². The maximum absolute atomic E-state index is 14.6. The molecule has 0 amide bonds. The number of carbonyl (C=O) groups excluding carboxylic acids is 3. The molecule has 5 aliphatic rings. The summed E-state index contributed by atoms with van der Waals surface area (Å²) in [6.07, 6.45) is 10.4. The highest BCUT2D eigenvalue weighted by molar-refractivity contribution is 6.64. The third-order valence-corrected chi connectivity index (χ3v) is 14.9. The molecule has 0 unspecified atom stereocenters. The standard InChI is InChI=1S/C38H51ClO4/c1-33(2)25(31(39)41)13-15-36(5)29(33)14-16-38(7)30(36)28(40)21-26-27-22-35(4,18-17-34(27,3)19-20-37(26,38)6)32(42)43-23-24-11-9-8-10-12-24/h8-12,21,25,27,29-30H,13-20,22-23H2,1-7H3/t25-,27+,29+,30-,34-,35+,36+,37-,38-/m1/s1. The number of halogens is 1. The largest absolute Gasteiger partial charge is 0.460 e. The zero-order chi connectivity index (χ0) is 31.2. The quantitative estimate of drug-likeness (QED) is 0.253. The molecule has 0 heterocycles. The SMILES string of the molecule is CC1(C)[C@@H](C(=O)Cl)CC[C@]2(C)[C@H]3C(=O)C=C4[C@@H]5C[C@@](C)(C(=O)OCc6ccccc6)CC[C@]5(C)CC[C@@]4(C)[C@]3(C)CC[C@@H]12. The van der Waals surface area contributed by atoms with E-state index >= 15 is 0 Å². The van der Waals surface area contributed by atoms with Crippen LogP contribution in [0, 0.1) is 56.2 Å². The molecule has 4 fully saturated rings. The Morgan fingerprint density at radius 3 is 2.23 bits per heavy atom. The number of rotatable bonds is 4. The zero-order valence-corrected chi connectivity index (χ0v) is 28.1. The van der Waals surface area contributed by atoms with E-state index in [-0.39, 0.29) is 67.7 Å². The lowest BCUT2D eigenvalue weighted by atomic mass is 9.33. The normalized spacial score (nSPS) is 45.0. The molecule has 5 heteroatoms. The topological polar surface area (TPSA) is 60.4 Å². The molecule has 43 heavy (non-hydrogen) atoms. The highest BCUT2D eigenvalue weighted by Crippen LogP contribution is 2.75. The first-order chi connectivity index (χ1) is 20.0. The van der Waals surface area contributed by atoms with Crippen molar-refractivity contribution in [1.82, 2.24) is 0 Å². The van der Waals surface area contributed by atoms with Gasteiger partial charge >= 0.3 is 5.97 Å². The minimum Gasteiger partial charge on any atom is -0.460 e. The molecule has 0 bridgehead atoms. The fourth-order valence-electron chi connectivity index (χ4n) is 11.7. The van der Waals surface area contributed by atoms with Gasteiger partial charge in [-0.25, -0.2) is 0 Å². The molecule has 4 saturated carbocycles. The van der Waals surface area contributed by atoms with Crippen LogP contribution >= 0.6 is 11.6 Å². The number of hydrogen-bond acceptors (Lipinski definition) is 4. The number of carbonyl (C=O) groups is 3. The van der Waals surface area contributed by atoms with Crippen LogP contribution in [0.3, 0.4) is 0 Å². The van der Waals surface area contributed by atoms with Crippen molar-refractivity contribution in [3.05, 3.63) is 47.5 Å². The van der Waals surface area contributed by atoms with Crippen LogP contribution in [0.5, 0.6) is 0 Å². The van der Waals surface area contributed by atoms with Crippen LogP contribution in [0.25, 0.3) is 0 Å². The van der Waals surface area contributed by atoms with Crippen LogP contribution in [0.2, 0.25) is 0 Å². The van der Waals surface area contributed by atoms with Gasteiger partial charge in [0.15, 0.2) is 5.78 Å². The van der Waals surface area contributed by atoms with Gasteiger partial charge in [-0.15, -0.1) is 0 Å².